The van der Waals surface area contributed by atoms with E-state index in [4.69, 9.17) is 9.97 Å². The molecule has 144 valence electrons. The fourth-order valence-electron chi connectivity index (χ4n) is 4.13. The Balaban J connectivity index is 1.49. The molecule has 6 heteroatoms. The fourth-order valence-corrected chi connectivity index (χ4v) is 4.13. The number of piperazine rings is 1. The zero-order valence-corrected chi connectivity index (χ0v) is 16.5. The van der Waals surface area contributed by atoms with Crippen LogP contribution >= 0.6 is 0 Å². The molecule has 6 nitrogen and oxygen atoms in total. The Morgan fingerprint density at radius 3 is 2.59 bits per heavy atom. The van der Waals surface area contributed by atoms with Gasteiger partial charge in [-0.1, -0.05) is 19.9 Å². The molecule has 1 unspecified atom stereocenters. The van der Waals surface area contributed by atoms with Gasteiger partial charge in [-0.05, 0) is 31.5 Å². The van der Waals surface area contributed by atoms with E-state index < -0.39 is 0 Å². The van der Waals surface area contributed by atoms with Crippen LogP contribution in [0.1, 0.15) is 26.0 Å². The van der Waals surface area contributed by atoms with Crippen LogP contribution in [0.3, 0.4) is 0 Å². The van der Waals surface area contributed by atoms with Crippen LogP contribution in [0.4, 0.5) is 5.82 Å². The van der Waals surface area contributed by atoms with Gasteiger partial charge in [-0.25, -0.2) is 9.97 Å². The lowest BCUT2D eigenvalue weighted by Crippen LogP contribution is -2.50. The van der Waals surface area contributed by atoms with Gasteiger partial charge in [0.2, 0.25) is 0 Å². The predicted molar refractivity (Wildman–Crippen MR) is 109 cm³/mol. The van der Waals surface area contributed by atoms with Gasteiger partial charge in [-0.3, -0.25) is 9.88 Å². The van der Waals surface area contributed by atoms with Crippen LogP contribution in [-0.2, 0) is 6.42 Å². The first kappa shape index (κ1) is 18.3. The highest BCUT2D eigenvalue weighted by Gasteiger charge is 2.30. The summed E-state index contributed by atoms with van der Waals surface area (Å²) >= 11 is 0. The molecule has 2 aromatic heterocycles. The summed E-state index contributed by atoms with van der Waals surface area (Å²) in [6.45, 7) is 12.5. The zero-order valence-electron chi connectivity index (χ0n) is 16.5. The smallest absolute Gasteiger partial charge is 0.180 e. The minimum atomic E-state index is 0.641. The number of hydrogen-bond acceptors (Lipinski definition) is 6. The van der Waals surface area contributed by atoms with Gasteiger partial charge >= 0.3 is 0 Å². The van der Waals surface area contributed by atoms with Crippen molar-refractivity contribution in [1.29, 1.82) is 0 Å². The second kappa shape index (κ2) is 8.31. The van der Waals surface area contributed by atoms with E-state index >= 15 is 0 Å². The van der Waals surface area contributed by atoms with Crippen LogP contribution < -0.4 is 4.90 Å². The summed E-state index contributed by atoms with van der Waals surface area (Å²) in [7, 11) is 0. The summed E-state index contributed by atoms with van der Waals surface area (Å²) in [6.07, 6.45) is 3.93. The third-order valence-electron chi connectivity index (χ3n) is 5.88. The molecule has 0 aliphatic carbocycles. The largest absolute Gasteiger partial charge is 0.355 e. The summed E-state index contributed by atoms with van der Waals surface area (Å²) in [6, 6.07) is 8.70. The molecule has 0 saturated carbocycles. The number of likely N-dealkylation sites (N-methyl/N-ethyl adjacent to an activating group) is 1. The third-order valence-corrected chi connectivity index (χ3v) is 5.88. The molecule has 0 aromatic carbocycles. The molecule has 0 bridgehead atoms. The highest BCUT2D eigenvalue weighted by atomic mass is 15.3. The predicted octanol–water partition coefficient (Wildman–Crippen LogP) is 2.32. The molecule has 0 spiro atoms. The molecule has 2 fully saturated rings. The Labute approximate surface area is 162 Å². The Morgan fingerprint density at radius 2 is 1.89 bits per heavy atom. The van der Waals surface area contributed by atoms with Crippen LogP contribution in [0.5, 0.6) is 0 Å². The minimum Gasteiger partial charge on any atom is -0.355 e. The SMILES string of the molecule is CCc1cc(N2CCC(N3CCN(CC)CC3)C2)nc(-c2ccccn2)n1. The zero-order chi connectivity index (χ0) is 18.6. The van der Waals surface area contributed by atoms with E-state index in [9.17, 15) is 0 Å². The topological polar surface area (TPSA) is 48.4 Å². The van der Waals surface area contributed by atoms with Crippen LogP contribution in [0.25, 0.3) is 11.5 Å². The molecule has 2 aromatic rings. The van der Waals surface area contributed by atoms with Crippen molar-refractivity contribution in [1.82, 2.24) is 24.8 Å². The molecule has 4 rings (SSSR count). The average Bonchev–Trinajstić information content (AvgIpc) is 3.24. The van der Waals surface area contributed by atoms with Gasteiger partial charge in [-0.2, -0.15) is 0 Å². The fraction of sp³-hybridized carbons (Fsp3) is 0.571. The molecule has 1 atom stereocenters. The lowest BCUT2D eigenvalue weighted by molar-refractivity contribution is 0.107. The number of aromatic nitrogens is 3. The molecule has 0 N–H and O–H groups in total. The van der Waals surface area contributed by atoms with Crippen LogP contribution in [0.15, 0.2) is 30.5 Å². The van der Waals surface area contributed by atoms with Gasteiger partial charge < -0.3 is 9.80 Å². The highest BCUT2D eigenvalue weighted by molar-refractivity contribution is 5.54. The minimum absolute atomic E-state index is 0.641. The Morgan fingerprint density at radius 1 is 1.04 bits per heavy atom. The average molecular weight is 367 g/mol. The van der Waals surface area contributed by atoms with Crippen molar-refractivity contribution >= 4 is 5.82 Å². The standard InChI is InChI=1S/C21H30N6/c1-3-17-15-20(24-21(23-17)19-7-5-6-9-22-19)27-10-8-18(16-27)26-13-11-25(4-2)12-14-26/h5-7,9,15,18H,3-4,8,10-14,16H2,1-2H3. The van der Waals surface area contributed by atoms with E-state index in [1.54, 1.807) is 6.20 Å². The van der Waals surface area contributed by atoms with E-state index in [1.165, 1.54) is 39.1 Å². The lowest BCUT2D eigenvalue weighted by Gasteiger charge is -2.37. The van der Waals surface area contributed by atoms with E-state index in [2.05, 4.69) is 39.6 Å². The number of anilines is 1. The van der Waals surface area contributed by atoms with Crippen molar-refractivity contribution in [3.8, 4) is 11.5 Å². The second-order valence-corrected chi connectivity index (χ2v) is 7.47. The normalized spacial score (nSPS) is 21.7. The van der Waals surface area contributed by atoms with Crippen LogP contribution in [0, 0.1) is 0 Å². The molecule has 27 heavy (non-hydrogen) atoms. The maximum atomic E-state index is 4.86. The van der Waals surface area contributed by atoms with Crippen molar-refractivity contribution < 1.29 is 0 Å². The molecule has 2 saturated heterocycles. The van der Waals surface area contributed by atoms with Gasteiger partial charge in [0.05, 0.1) is 0 Å². The Bertz CT molecular complexity index is 742. The van der Waals surface area contributed by atoms with Crippen LogP contribution in [-0.4, -0.2) is 76.6 Å². The van der Waals surface area contributed by atoms with Crippen molar-refractivity contribution in [2.45, 2.75) is 32.7 Å². The number of aryl methyl sites for hydroxylation is 1. The molecule has 2 aliphatic rings. The monoisotopic (exact) mass is 366 g/mol. The van der Waals surface area contributed by atoms with E-state index in [1.807, 2.05) is 18.2 Å². The number of nitrogens with zero attached hydrogens (tertiary/aromatic N) is 6. The van der Waals surface area contributed by atoms with Gasteiger partial charge in [0, 0.05) is 63.3 Å². The quantitative estimate of drug-likeness (QED) is 0.809. The van der Waals surface area contributed by atoms with Crippen molar-refractivity contribution in [2.75, 3.05) is 50.7 Å². The summed E-state index contributed by atoms with van der Waals surface area (Å²) in [5.74, 6) is 1.79. The van der Waals surface area contributed by atoms with E-state index in [0.29, 0.717) is 6.04 Å². The molecule has 2 aliphatic heterocycles. The maximum absolute atomic E-state index is 4.86. The van der Waals surface area contributed by atoms with Gasteiger partial charge in [0.1, 0.15) is 11.5 Å². The lowest BCUT2D eigenvalue weighted by atomic mass is 10.2. The second-order valence-electron chi connectivity index (χ2n) is 7.47. The summed E-state index contributed by atoms with van der Waals surface area (Å²) in [4.78, 5) is 21.7. The Hall–Kier alpha value is -2.05. The van der Waals surface area contributed by atoms with Gasteiger partial charge in [-0.15, -0.1) is 0 Å². The molecular weight excluding hydrogens is 336 g/mol. The molecule has 0 radical (unpaired) electrons. The first-order valence-electron chi connectivity index (χ1n) is 10.3. The Kier molecular flexibility index (Phi) is 5.64. The molecule has 0 amide bonds. The summed E-state index contributed by atoms with van der Waals surface area (Å²) in [5.41, 5.74) is 1.93. The van der Waals surface area contributed by atoms with Gasteiger partial charge in [0.25, 0.3) is 0 Å². The first-order valence-corrected chi connectivity index (χ1v) is 10.3. The van der Waals surface area contributed by atoms with Crippen molar-refractivity contribution in [2.24, 2.45) is 0 Å². The van der Waals surface area contributed by atoms with Gasteiger partial charge in [0.15, 0.2) is 5.82 Å². The number of pyridine rings is 1. The van der Waals surface area contributed by atoms with Crippen molar-refractivity contribution in [3.05, 3.63) is 36.2 Å². The summed E-state index contributed by atoms with van der Waals surface area (Å²) in [5, 5.41) is 0. The third kappa shape index (κ3) is 4.12. The van der Waals surface area contributed by atoms with Crippen LogP contribution in [0.2, 0.25) is 0 Å². The highest BCUT2D eigenvalue weighted by Crippen LogP contribution is 2.25. The summed E-state index contributed by atoms with van der Waals surface area (Å²) < 4.78 is 0. The maximum Gasteiger partial charge on any atom is 0.180 e. The molecule has 4 heterocycles. The van der Waals surface area contributed by atoms with E-state index in [-0.39, 0.29) is 0 Å². The van der Waals surface area contributed by atoms with E-state index in [0.717, 1.165) is 42.5 Å². The van der Waals surface area contributed by atoms with Crippen molar-refractivity contribution in [3.63, 3.8) is 0 Å². The number of rotatable bonds is 5. The first-order chi connectivity index (χ1) is 13.3. The number of hydrogen-bond donors (Lipinski definition) is 0. The molecular formula is C21H30N6.